The minimum absolute atomic E-state index is 0.126. The number of ether oxygens (including phenoxy) is 2. The second-order valence-electron chi connectivity index (χ2n) is 7.27. The summed E-state index contributed by atoms with van der Waals surface area (Å²) in [6.45, 7) is 5.58. The molecular weight excluding hydrogens is 392 g/mol. The first-order valence-electron chi connectivity index (χ1n) is 10.0. The van der Waals surface area contributed by atoms with Gasteiger partial charge >= 0.3 is 0 Å². The number of aryl methyl sites for hydroxylation is 3. The van der Waals surface area contributed by atoms with Crippen LogP contribution in [0.2, 0.25) is 0 Å². The highest BCUT2D eigenvalue weighted by atomic mass is 16.5. The molecule has 0 saturated carbocycles. The average Bonchev–Trinajstić information content (AvgIpc) is 2.75. The minimum atomic E-state index is -0.378. The molecule has 6 nitrogen and oxygen atoms in total. The maximum Gasteiger partial charge on any atom is 0.258 e. The average molecular weight is 418 g/mol. The maximum atomic E-state index is 12.2. The van der Waals surface area contributed by atoms with E-state index in [9.17, 15) is 9.59 Å². The van der Waals surface area contributed by atoms with Crippen molar-refractivity contribution in [1.82, 2.24) is 5.32 Å². The van der Waals surface area contributed by atoms with Gasteiger partial charge in [-0.15, -0.1) is 0 Å². The molecule has 0 saturated heterocycles. The number of carbonyl (C=O) groups excluding carboxylic acids is 2. The van der Waals surface area contributed by atoms with Gasteiger partial charge in [0.1, 0.15) is 17.2 Å². The van der Waals surface area contributed by atoms with E-state index >= 15 is 0 Å². The van der Waals surface area contributed by atoms with Crippen molar-refractivity contribution in [3.05, 3.63) is 83.4 Å². The Morgan fingerprint density at radius 2 is 1.35 bits per heavy atom. The van der Waals surface area contributed by atoms with E-state index in [0.717, 1.165) is 28.1 Å². The zero-order valence-electron chi connectivity index (χ0n) is 17.9. The van der Waals surface area contributed by atoms with Gasteiger partial charge in [0, 0.05) is 5.69 Å². The molecule has 0 unspecified atom stereocenters. The van der Waals surface area contributed by atoms with Crippen molar-refractivity contribution >= 4 is 17.5 Å². The first kappa shape index (κ1) is 21.9. The number of amides is 2. The first-order chi connectivity index (χ1) is 14.9. The van der Waals surface area contributed by atoms with Crippen LogP contribution in [-0.2, 0) is 9.59 Å². The van der Waals surface area contributed by atoms with Crippen LogP contribution in [0.25, 0.3) is 0 Å². The molecule has 0 aliphatic carbocycles. The third kappa shape index (κ3) is 6.60. The monoisotopic (exact) mass is 418 g/mol. The largest absolute Gasteiger partial charge is 0.484 e. The highest BCUT2D eigenvalue weighted by molar-refractivity contribution is 5.95. The topological polar surface area (TPSA) is 76.7 Å². The molecule has 3 aromatic rings. The van der Waals surface area contributed by atoms with Crippen LogP contribution >= 0.6 is 0 Å². The Morgan fingerprint density at radius 1 is 0.774 bits per heavy atom. The van der Waals surface area contributed by atoms with Gasteiger partial charge in [0.15, 0.2) is 6.61 Å². The summed E-state index contributed by atoms with van der Waals surface area (Å²) in [5, 5.41) is 5.42. The Balaban J connectivity index is 1.42. The summed E-state index contributed by atoms with van der Waals surface area (Å²) in [6.07, 6.45) is 0. The lowest BCUT2D eigenvalue weighted by Gasteiger charge is -2.13. The molecule has 0 spiro atoms. The molecule has 0 atom stereocenters. The summed E-state index contributed by atoms with van der Waals surface area (Å²) in [6, 6.07) is 20.4. The number of hydrogen-bond donors (Lipinski definition) is 2. The van der Waals surface area contributed by atoms with E-state index in [1.54, 1.807) is 24.3 Å². The predicted octanol–water partition coefficient (Wildman–Crippen LogP) is 4.54. The lowest BCUT2D eigenvalue weighted by atomic mass is 10.1. The molecule has 0 aliphatic heterocycles. The van der Waals surface area contributed by atoms with Crippen molar-refractivity contribution in [2.75, 3.05) is 18.5 Å². The van der Waals surface area contributed by atoms with Crippen LogP contribution in [0, 0.1) is 20.8 Å². The van der Waals surface area contributed by atoms with Gasteiger partial charge < -0.3 is 20.1 Å². The number of para-hydroxylation sites is 1. The lowest BCUT2D eigenvalue weighted by Crippen LogP contribution is -2.36. The van der Waals surface area contributed by atoms with Crippen LogP contribution in [-0.4, -0.2) is 25.0 Å². The van der Waals surface area contributed by atoms with Crippen LogP contribution in [0.5, 0.6) is 17.2 Å². The summed E-state index contributed by atoms with van der Waals surface area (Å²) in [5.41, 5.74) is 3.89. The summed E-state index contributed by atoms with van der Waals surface area (Å²) >= 11 is 0. The molecular formula is C25H26N2O4. The first-order valence-corrected chi connectivity index (χ1v) is 10.0. The standard InChI is InChI=1S/C25H26N2O4/c1-17-13-18(2)25(19(3)14-17)27-23(28)15-26-24(29)16-30-20-9-11-22(12-10-20)31-21-7-5-4-6-8-21/h4-14H,15-16H2,1-3H3,(H,26,29)(H,27,28). The minimum Gasteiger partial charge on any atom is -0.484 e. The number of anilines is 1. The van der Waals surface area contributed by atoms with E-state index in [0.29, 0.717) is 11.5 Å². The van der Waals surface area contributed by atoms with Crippen molar-refractivity contribution in [3.63, 3.8) is 0 Å². The van der Waals surface area contributed by atoms with Crippen molar-refractivity contribution in [2.45, 2.75) is 20.8 Å². The van der Waals surface area contributed by atoms with E-state index in [4.69, 9.17) is 9.47 Å². The highest BCUT2D eigenvalue weighted by Crippen LogP contribution is 2.23. The van der Waals surface area contributed by atoms with Crippen molar-refractivity contribution in [1.29, 1.82) is 0 Å². The van der Waals surface area contributed by atoms with Crippen LogP contribution in [0.4, 0.5) is 5.69 Å². The van der Waals surface area contributed by atoms with Crippen LogP contribution in [0.1, 0.15) is 16.7 Å². The summed E-state index contributed by atoms with van der Waals surface area (Å²) in [5.74, 6) is 1.28. The SMILES string of the molecule is Cc1cc(C)c(NC(=O)CNC(=O)COc2ccc(Oc3ccccc3)cc2)c(C)c1. The molecule has 160 valence electrons. The number of nitrogens with one attached hydrogen (secondary N) is 2. The van der Waals surface area contributed by atoms with E-state index in [2.05, 4.69) is 10.6 Å². The summed E-state index contributed by atoms with van der Waals surface area (Å²) in [4.78, 5) is 24.2. The molecule has 2 amide bonds. The fourth-order valence-electron chi connectivity index (χ4n) is 3.17. The Labute approximate surface area is 182 Å². The van der Waals surface area contributed by atoms with Crippen LogP contribution in [0.3, 0.4) is 0 Å². The Hall–Kier alpha value is -3.80. The number of benzene rings is 3. The fourth-order valence-corrected chi connectivity index (χ4v) is 3.17. The molecule has 31 heavy (non-hydrogen) atoms. The highest BCUT2D eigenvalue weighted by Gasteiger charge is 2.10. The third-order valence-corrected chi connectivity index (χ3v) is 4.56. The van der Waals surface area contributed by atoms with Gasteiger partial charge in [-0.3, -0.25) is 9.59 Å². The molecule has 6 heteroatoms. The van der Waals surface area contributed by atoms with Gasteiger partial charge in [-0.25, -0.2) is 0 Å². The quantitative estimate of drug-likeness (QED) is 0.563. The predicted molar refractivity (Wildman–Crippen MR) is 121 cm³/mol. The van der Waals surface area contributed by atoms with Crippen molar-refractivity contribution in [3.8, 4) is 17.2 Å². The van der Waals surface area contributed by atoms with E-state index in [1.807, 2.05) is 63.2 Å². The molecule has 3 rings (SSSR count). The van der Waals surface area contributed by atoms with Crippen LogP contribution < -0.4 is 20.1 Å². The van der Waals surface area contributed by atoms with Gasteiger partial charge in [-0.05, 0) is 68.3 Å². The molecule has 0 aromatic heterocycles. The van der Waals surface area contributed by atoms with E-state index in [-0.39, 0.29) is 25.0 Å². The number of carbonyl (C=O) groups is 2. The van der Waals surface area contributed by atoms with Crippen LogP contribution in [0.15, 0.2) is 66.7 Å². The number of rotatable bonds is 8. The normalized spacial score (nSPS) is 10.3. The lowest BCUT2D eigenvalue weighted by molar-refractivity contribution is -0.125. The Kier molecular flexibility index (Phi) is 7.27. The molecule has 2 N–H and O–H groups in total. The van der Waals surface area contributed by atoms with Gasteiger partial charge in [0.2, 0.25) is 5.91 Å². The second-order valence-corrected chi connectivity index (χ2v) is 7.27. The smallest absolute Gasteiger partial charge is 0.258 e. The van der Waals surface area contributed by atoms with E-state index in [1.165, 1.54) is 0 Å². The zero-order valence-corrected chi connectivity index (χ0v) is 17.9. The molecule has 0 bridgehead atoms. The fraction of sp³-hybridized carbons (Fsp3) is 0.200. The molecule has 0 aliphatic rings. The van der Waals surface area contributed by atoms with Gasteiger partial charge in [0.05, 0.1) is 6.54 Å². The Morgan fingerprint density at radius 3 is 2.00 bits per heavy atom. The summed E-state index contributed by atoms with van der Waals surface area (Å²) < 4.78 is 11.2. The second kappa shape index (κ2) is 10.3. The third-order valence-electron chi connectivity index (χ3n) is 4.56. The molecule has 0 fully saturated rings. The van der Waals surface area contributed by atoms with Gasteiger partial charge in [-0.2, -0.15) is 0 Å². The molecule has 0 heterocycles. The summed E-state index contributed by atoms with van der Waals surface area (Å²) in [7, 11) is 0. The zero-order chi connectivity index (χ0) is 22.2. The van der Waals surface area contributed by atoms with Gasteiger partial charge in [0.25, 0.3) is 5.91 Å². The Bertz CT molecular complexity index is 1020. The molecule has 3 aromatic carbocycles. The van der Waals surface area contributed by atoms with Crippen molar-refractivity contribution < 1.29 is 19.1 Å². The van der Waals surface area contributed by atoms with Crippen molar-refractivity contribution in [2.24, 2.45) is 0 Å². The van der Waals surface area contributed by atoms with Gasteiger partial charge in [-0.1, -0.05) is 35.9 Å². The van der Waals surface area contributed by atoms with E-state index < -0.39 is 0 Å². The maximum absolute atomic E-state index is 12.2. The number of hydrogen-bond acceptors (Lipinski definition) is 4. The molecule has 0 radical (unpaired) electrons.